The van der Waals surface area contributed by atoms with Crippen molar-refractivity contribution < 1.29 is 19.5 Å². The first kappa shape index (κ1) is 25.1. The third kappa shape index (κ3) is 8.15. The number of urea groups is 1. The molecule has 0 heterocycles. The second-order valence-corrected chi connectivity index (χ2v) is 7.93. The third-order valence-corrected chi connectivity index (χ3v) is 5.40. The van der Waals surface area contributed by atoms with Gasteiger partial charge in [-0.05, 0) is 29.9 Å². The molecule has 0 saturated carbocycles. The van der Waals surface area contributed by atoms with Crippen LogP contribution >= 0.6 is 0 Å². The molecule has 2 aromatic carbocycles. The molecule has 0 aliphatic heterocycles. The Bertz CT molecular complexity index is 858. The van der Waals surface area contributed by atoms with E-state index in [1.807, 2.05) is 74.5 Å². The van der Waals surface area contributed by atoms with Crippen LogP contribution in [0.4, 0.5) is 4.79 Å². The molecule has 1 unspecified atom stereocenters. The largest absolute Gasteiger partial charge is 0.388 e. The van der Waals surface area contributed by atoms with Gasteiger partial charge in [-0.3, -0.25) is 9.59 Å². The van der Waals surface area contributed by atoms with E-state index in [9.17, 15) is 19.5 Å². The fourth-order valence-electron chi connectivity index (χ4n) is 3.27. The standard InChI is InChI=1S/C25H33N3O4/c1-3-19(2)16-24(31)28(27-25(32)26-17-21-12-8-5-9-13-21)22(23(30)18-29)15-14-20-10-6-4-7-11-20/h4-13,19,22,29H,3,14-18H2,1-2H3,(H2,26,27,32)/t19?,22-/m0/s1. The molecule has 7 heteroatoms. The molecule has 0 radical (unpaired) electrons. The van der Waals surface area contributed by atoms with Gasteiger partial charge in [0, 0.05) is 13.0 Å². The highest BCUT2D eigenvalue weighted by Crippen LogP contribution is 2.15. The first-order chi connectivity index (χ1) is 15.4. The van der Waals surface area contributed by atoms with Gasteiger partial charge >= 0.3 is 6.03 Å². The van der Waals surface area contributed by atoms with Crippen molar-refractivity contribution in [2.75, 3.05) is 6.61 Å². The quantitative estimate of drug-likeness (QED) is 0.468. The summed E-state index contributed by atoms with van der Waals surface area (Å²) in [4.78, 5) is 38.2. The maximum absolute atomic E-state index is 13.0. The Morgan fingerprint density at radius 3 is 2.12 bits per heavy atom. The molecule has 0 spiro atoms. The van der Waals surface area contributed by atoms with Gasteiger partial charge in [0.15, 0.2) is 5.78 Å². The smallest absolute Gasteiger partial charge is 0.333 e. The summed E-state index contributed by atoms with van der Waals surface area (Å²) in [5.41, 5.74) is 4.48. The van der Waals surface area contributed by atoms with Gasteiger partial charge in [0.1, 0.15) is 12.6 Å². The van der Waals surface area contributed by atoms with E-state index < -0.39 is 24.5 Å². The average Bonchev–Trinajstić information content (AvgIpc) is 2.82. The normalized spacial score (nSPS) is 12.5. The number of benzene rings is 2. The number of nitrogens with one attached hydrogen (secondary N) is 2. The van der Waals surface area contributed by atoms with E-state index in [0.717, 1.165) is 22.6 Å². The van der Waals surface area contributed by atoms with Crippen LogP contribution < -0.4 is 10.7 Å². The Balaban J connectivity index is 2.15. The molecular formula is C25H33N3O4. The maximum atomic E-state index is 13.0. The van der Waals surface area contributed by atoms with Crippen molar-refractivity contribution in [2.24, 2.45) is 5.92 Å². The molecule has 32 heavy (non-hydrogen) atoms. The summed E-state index contributed by atoms with van der Waals surface area (Å²) in [6.45, 7) is 3.50. The number of hydrazine groups is 1. The summed E-state index contributed by atoms with van der Waals surface area (Å²) in [6.07, 6.45) is 1.80. The number of aliphatic hydroxyl groups is 1. The van der Waals surface area contributed by atoms with Crippen molar-refractivity contribution in [3.8, 4) is 0 Å². The molecule has 0 fully saturated rings. The van der Waals surface area contributed by atoms with E-state index in [-0.39, 0.29) is 31.2 Å². The number of amides is 3. The van der Waals surface area contributed by atoms with Crippen LogP contribution in [0.15, 0.2) is 60.7 Å². The fraction of sp³-hybridized carbons (Fsp3) is 0.400. The SMILES string of the molecule is CCC(C)CC(=O)N(NC(=O)NCc1ccccc1)[C@@H](CCc1ccccc1)C(=O)CO. The number of hydrogen-bond acceptors (Lipinski definition) is 4. The van der Waals surface area contributed by atoms with Crippen molar-refractivity contribution in [1.82, 2.24) is 15.8 Å². The van der Waals surface area contributed by atoms with Gasteiger partial charge in [-0.2, -0.15) is 0 Å². The average molecular weight is 440 g/mol. The molecule has 3 N–H and O–H groups in total. The Labute approximate surface area is 189 Å². The number of rotatable bonds is 11. The van der Waals surface area contributed by atoms with Gasteiger partial charge < -0.3 is 10.4 Å². The van der Waals surface area contributed by atoms with Gasteiger partial charge in [0.05, 0.1) is 0 Å². The maximum Gasteiger partial charge on any atom is 0.333 e. The van der Waals surface area contributed by atoms with Crippen LogP contribution in [0.3, 0.4) is 0 Å². The summed E-state index contributed by atoms with van der Waals surface area (Å²) < 4.78 is 0. The second kappa shape index (κ2) is 13.3. The Kier molecular flexibility index (Phi) is 10.4. The molecule has 0 aliphatic carbocycles. The number of carbonyl (C=O) groups excluding carboxylic acids is 3. The van der Waals surface area contributed by atoms with Crippen LogP contribution in [-0.4, -0.2) is 40.5 Å². The van der Waals surface area contributed by atoms with Gasteiger partial charge in [-0.25, -0.2) is 15.2 Å². The van der Waals surface area contributed by atoms with Gasteiger partial charge in [0.25, 0.3) is 0 Å². The fourth-order valence-corrected chi connectivity index (χ4v) is 3.27. The van der Waals surface area contributed by atoms with Gasteiger partial charge in [0.2, 0.25) is 5.91 Å². The first-order valence-electron chi connectivity index (χ1n) is 11.0. The van der Waals surface area contributed by atoms with Crippen LogP contribution in [-0.2, 0) is 22.6 Å². The van der Waals surface area contributed by atoms with E-state index in [4.69, 9.17) is 0 Å². The molecule has 172 valence electrons. The highest BCUT2D eigenvalue weighted by molar-refractivity contribution is 5.91. The van der Waals surface area contributed by atoms with Crippen molar-refractivity contribution in [3.63, 3.8) is 0 Å². The monoisotopic (exact) mass is 439 g/mol. The summed E-state index contributed by atoms with van der Waals surface area (Å²) in [7, 11) is 0. The summed E-state index contributed by atoms with van der Waals surface area (Å²) in [5.74, 6) is -0.769. The van der Waals surface area contributed by atoms with Gasteiger partial charge in [-0.15, -0.1) is 0 Å². The Hall–Kier alpha value is -3.19. The number of nitrogens with zero attached hydrogens (tertiary/aromatic N) is 1. The van der Waals surface area contributed by atoms with Crippen LogP contribution in [0.1, 0.15) is 44.2 Å². The number of hydrogen-bond donors (Lipinski definition) is 3. The number of aryl methyl sites for hydroxylation is 1. The lowest BCUT2D eigenvalue weighted by Crippen LogP contribution is -2.57. The zero-order valence-corrected chi connectivity index (χ0v) is 18.8. The molecule has 0 aliphatic rings. The van der Waals surface area contributed by atoms with Crippen molar-refractivity contribution in [2.45, 2.75) is 52.1 Å². The zero-order valence-electron chi connectivity index (χ0n) is 18.8. The summed E-state index contributed by atoms with van der Waals surface area (Å²) >= 11 is 0. The lowest BCUT2D eigenvalue weighted by atomic mass is 10.00. The van der Waals surface area contributed by atoms with Crippen molar-refractivity contribution in [1.29, 1.82) is 0 Å². The zero-order chi connectivity index (χ0) is 23.3. The summed E-state index contributed by atoms with van der Waals surface area (Å²) in [5, 5.41) is 13.4. The molecule has 2 atom stereocenters. The number of carbonyl (C=O) groups is 3. The predicted molar refractivity (Wildman–Crippen MR) is 123 cm³/mol. The third-order valence-electron chi connectivity index (χ3n) is 5.40. The first-order valence-corrected chi connectivity index (χ1v) is 11.0. The summed E-state index contributed by atoms with van der Waals surface area (Å²) in [6, 6.07) is 17.4. The number of aliphatic hydroxyl groups excluding tert-OH is 1. The van der Waals surface area contributed by atoms with E-state index in [1.165, 1.54) is 0 Å². The Morgan fingerprint density at radius 2 is 1.56 bits per heavy atom. The Morgan fingerprint density at radius 1 is 0.969 bits per heavy atom. The number of Topliss-reactive ketones (excluding diaryl/α,β-unsaturated/α-hetero) is 1. The molecule has 7 nitrogen and oxygen atoms in total. The van der Waals surface area contributed by atoms with Crippen molar-refractivity contribution >= 4 is 17.7 Å². The predicted octanol–water partition coefficient (Wildman–Crippen LogP) is 3.23. The lowest BCUT2D eigenvalue weighted by Gasteiger charge is -2.31. The van der Waals surface area contributed by atoms with E-state index in [0.29, 0.717) is 6.42 Å². The van der Waals surface area contributed by atoms with E-state index in [1.54, 1.807) is 0 Å². The molecule has 2 rings (SSSR count). The van der Waals surface area contributed by atoms with Crippen LogP contribution in [0, 0.1) is 5.92 Å². The highest BCUT2D eigenvalue weighted by Gasteiger charge is 2.31. The topological polar surface area (TPSA) is 98.7 Å². The minimum Gasteiger partial charge on any atom is -0.388 e. The second-order valence-electron chi connectivity index (χ2n) is 7.93. The molecule has 0 aromatic heterocycles. The van der Waals surface area contributed by atoms with Crippen LogP contribution in [0.25, 0.3) is 0 Å². The molecule has 0 bridgehead atoms. The highest BCUT2D eigenvalue weighted by atomic mass is 16.3. The van der Waals surface area contributed by atoms with Crippen molar-refractivity contribution in [3.05, 3.63) is 71.8 Å². The van der Waals surface area contributed by atoms with Crippen LogP contribution in [0.5, 0.6) is 0 Å². The molecular weight excluding hydrogens is 406 g/mol. The van der Waals surface area contributed by atoms with E-state index >= 15 is 0 Å². The number of ketones is 1. The molecule has 2 aromatic rings. The minimum atomic E-state index is -0.959. The lowest BCUT2D eigenvalue weighted by molar-refractivity contribution is -0.144. The molecule has 0 saturated heterocycles. The van der Waals surface area contributed by atoms with Gasteiger partial charge in [-0.1, -0.05) is 80.9 Å². The minimum absolute atomic E-state index is 0.0955. The van der Waals surface area contributed by atoms with Crippen LogP contribution in [0.2, 0.25) is 0 Å². The molecule has 3 amide bonds. The van der Waals surface area contributed by atoms with E-state index in [2.05, 4.69) is 10.7 Å².